The molecular weight excluding hydrogens is 226 g/mol. The van der Waals surface area contributed by atoms with Crippen molar-refractivity contribution in [3.63, 3.8) is 0 Å². The molecule has 1 aliphatic heterocycles. The zero-order valence-electron chi connectivity index (χ0n) is 10.5. The average Bonchev–Trinajstić information content (AvgIpc) is 2.45. The summed E-state index contributed by atoms with van der Waals surface area (Å²) in [6.07, 6.45) is 4.52. The molecule has 1 amide bonds. The van der Waals surface area contributed by atoms with E-state index in [1.807, 2.05) is 30.3 Å². The fourth-order valence-corrected chi connectivity index (χ4v) is 3.13. The fraction of sp³-hybridized carbons (Fsp3) is 0.533. The molecule has 3 nitrogen and oxygen atoms in total. The number of carbonyl (C=O) groups is 1. The molecule has 1 aromatic rings. The van der Waals surface area contributed by atoms with Gasteiger partial charge in [-0.3, -0.25) is 4.79 Å². The summed E-state index contributed by atoms with van der Waals surface area (Å²) in [7, 11) is 0. The average molecular weight is 245 g/mol. The first-order valence-corrected chi connectivity index (χ1v) is 6.74. The number of hydrogen-bond acceptors (Lipinski definition) is 2. The molecule has 1 spiro atoms. The van der Waals surface area contributed by atoms with Gasteiger partial charge in [0, 0.05) is 24.8 Å². The number of carbonyl (C=O) groups excluding carboxylic acids is 1. The van der Waals surface area contributed by atoms with E-state index in [4.69, 9.17) is 4.74 Å². The van der Waals surface area contributed by atoms with Crippen LogP contribution in [-0.2, 0) is 4.74 Å². The lowest BCUT2D eigenvalue weighted by Crippen LogP contribution is -2.57. The van der Waals surface area contributed by atoms with Crippen LogP contribution in [0, 0.1) is 5.41 Å². The molecule has 0 aromatic heterocycles. The molecule has 1 aromatic carbocycles. The lowest BCUT2D eigenvalue weighted by molar-refractivity contribution is -0.0523. The standard InChI is InChI=1S/C15H19NO2/c17-14(12-4-2-1-3-5-12)16-13-6-7-15(13)8-10-18-11-9-15/h1-5,13H,6-11H2,(H,16,17). The predicted molar refractivity (Wildman–Crippen MR) is 69.4 cm³/mol. The van der Waals surface area contributed by atoms with Crippen molar-refractivity contribution in [3.05, 3.63) is 35.9 Å². The molecule has 2 aliphatic rings. The van der Waals surface area contributed by atoms with E-state index < -0.39 is 0 Å². The summed E-state index contributed by atoms with van der Waals surface area (Å²) in [4.78, 5) is 12.1. The Morgan fingerprint density at radius 3 is 2.50 bits per heavy atom. The molecule has 96 valence electrons. The number of amides is 1. The number of nitrogens with one attached hydrogen (secondary N) is 1. The van der Waals surface area contributed by atoms with E-state index in [2.05, 4.69) is 5.32 Å². The Balaban J connectivity index is 1.65. The SMILES string of the molecule is O=C(NC1CCC12CCOCC2)c1ccccc1. The molecule has 1 atom stereocenters. The monoisotopic (exact) mass is 245 g/mol. The first kappa shape index (κ1) is 11.7. The summed E-state index contributed by atoms with van der Waals surface area (Å²) in [5.41, 5.74) is 1.08. The second kappa shape index (κ2) is 4.73. The Hall–Kier alpha value is -1.35. The summed E-state index contributed by atoms with van der Waals surface area (Å²) < 4.78 is 5.43. The van der Waals surface area contributed by atoms with Gasteiger partial charge in [0.15, 0.2) is 0 Å². The highest BCUT2D eigenvalue weighted by Crippen LogP contribution is 2.48. The molecule has 1 heterocycles. The van der Waals surface area contributed by atoms with Gasteiger partial charge >= 0.3 is 0 Å². The molecule has 0 bridgehead atoms. The van der Waals surface area contributed by atoms with Gasteiger partial charge in [-0.05, 0) is 43.2 Å². The van der Waals surface area contributed by atoms with E-state index in [-0.39, 0.29) is 5.91 Å². The summed E-state index contributed by atoms with van der Waals surface area (Å²) in [6.45, 7) is 1.69. The van der Waals surface area contributed by atoms with Gasteiger partial charge in [-0.15, -0.1) is 0 Å². The highest BCUT2D eigenvalue weighted by atomic mass is 16.5. The van der Waals surface area contributed by atoms with Crippen LogP contribution in [0.5, 0.6) is 0 Å². The van der Waals surface area contributed by atoms with Crippen LogP contribution in [0.3, 0.4) is 0 Å². The van der Waals surface area contributed by atoms with Gasteiger partial charge in [-0.1, -0.05) is 18.2 Å². The summed E-state index contributed by atoms with van der Waals surface area (Å²) in [6, 6.07) is 9.81. The largest absolute Gasteiger partial charge is 0.381 e. The van der Waals surface area contributed by atoms with Crippen LogP contribution in [0.15, 0.2) is 30.3 Å². The lowest BCUT2D eigenvalue weighted by atomic mass is 9.60. The first-order chi connectivity index (χ1) is 8.80. The molecule has 1 saturated heterocycles. The van der Waals surface area contributed by atoms with E-state index in [0.717, 1.165) is 38.0 Å². The normalized spacial score (nSPS) is 25.4. The summed E-state index contributed by atoms with van der Waals surface area (Å²) in [5, 5.41) is 3.20. The zero-order chi connectivity index (χ0) is 12.4. The Bertz CT molecular complexity index is 423. The highest BCUT2D eigenvalue weighted by molar-refractivity contribution is 5.94. The molecule has 3 heteroatoms. The van der Waals surface area contributed by atoms with Crippen molar-refractivity contribution >= 4 is 5.91 Å². The van der Waals surface area contributed by atoms with Crippen molar-refractivity contribution in [2.75, 3.05) is 13.2 Å². The topological polar surface area (TPSA) is 38.3 Å². The van der Waals surface area contributed by atoms with Crippen LogP contribution in [0.4, 0.5) is 0 Å². The minimum atomic E-state index is 0.0613. The van der Waals surface area contributed by atoms with Crippen molar-refractivity contribution < 1.29 is 9.53 Å². The van der Waals surface area contributed by atoms with Gasteiger partial charge in [0.25, 0.3) is 5.91 Å². The predicted octanol–water partition coefficient (Wildman–Crippen LogP) is 2.38. The summed E-state index contributed by atoms with van der Waals surface area (Å²) >= 11 is 0. The van der Waals surface area contributed by atoms with Crippen molar-refractivity contribution in [3.8, 4) is 0 Å². The van der Waals surface area contributed by atoms with Crippen molar-refractivity contribution in [2.24, 2.45) is 5.41 Å². The van der Waals surface area contributed by atoms with Crippen molar-refractivity contribution in [1.29, 1.82) is 0 Å². The van der Waals surface area contributed by atoms with Crippen LogP contribution < -0.4 is 5.32 Å². The van der Waals surface area contributed by atoms with Gasteiger partial charge < -0.3 is 10.1 Å². The van der Waals surface area contributed by atoms with E-state index >= 15 is 0 Å². The second-order valence-electron chi connectivity index (χ2n) is 5.41. The van der Waals surface area contributed by atoms with E-state index in [1.54, 1.807) is 0 Å². The third-order valence-electron chi connectivity index (χ3n) is 4.50. The third-order valence-corrected chi connectivity index (χ3v) is 4.50. The Morgan fingerprint density at radius 1 is 1.17 bits per heavy atom. The first-order valence-electron chi connectivity index (χ1n) is 6.74. The van der Waals surface area contributed by atoms with Gasteiger partial charge in [0.05, 0.1) is 0 Å². The fourth-order valence-electron chi connectivity index (χ4n) is 3.13. The van der Waals surface area contributed by atoms with Gasteiger partial charge in [0.1, 0.15) is 0 Å². The molecule has 1 unspecified atom stereocenters. The van der Waals surface area contributed by atoms with Crippen LogP contribution in [0.1, 0.15) is 36.0 Å². The number of ether oxygens (including phenoxy) is 1. The van der Waals surface area contributed by atoms with Gasteiger partial charge in [0.2, 0.25) is 0 Å². The second-order valence-corrected chi connectivity index (χ2v) is 5.41. The number of rotatable bonds is 2. The maximum absolute atomic E-state index is 12.1. The number of hydrogen-bond donors (Lipinski definition) is 1. The van der Waals surface area contributed by atoms with E-state index in [0.29, 0.717) is 11.5 Å². The molecule has 1 aliphatic carbocycles. The minimum Gasteiger partial charge on any atom is -0.381 e. The minimum absolute atomic E-state index is 0.0613. The molecular formula is C15H19NO2. The Labute approximate surface area is 108 Å². The van der Waals surface area contributed by atoms with Crippen LogP contribution >= 0.6 is 0 Å². The lowest BCUT2D eigenvalue weighted by Gasteiger charge is -2.52. The Morgan fingerprint density at radius 2 is 1.89 bits per heavy atom. The van der Waals surface area contributed by atoms with E-state index in [9.17, 15) is 4.79 Å². The molecule has 0 radical (unpaired) electrons. The van der Waals surface area contributed by atoms with Gasteiger partial charge in [-0.2, -0.15) is 0 Å². The molecule has 2 fully saturated rings. The van der Waals surface area contributed by atoms with E-state index in [1.165, 1.54) is 6.42 Å². The zero-order valence-corrected chi connectivity index (χ0v) is 10.5. The Kier molecular flexibility index (Phi) is 3.08. The number of benzene rings is 1. The van der Waals surface area contributed by atoms with Crippen LogP contribution in [-0.4, -0.2) is 25.2 Å². The maximum Gasteiger partial charge on any atom is 0.251 e. The molecule has 1 N–H and O–H groups in total. The molecule has 1 saturated carbocycles. The van der Waals surface area contributed by atoms with Crippen LogP contribution in [0.25, 0.3) is 0 Å². The van der Waals surface area contributed by atoms with Crippen molar-refractivity contribution in [2.45, 2.75) is 31.7 Å². The smallest absolute Gasteiger partial charge is 0.251 e. The van der Waals surface area contributed by atoms with Crippen LogP contribution in [0.2, 0.25) is 0 Å². The highest BCUT2D eigenvalue weighted by Gasteiger charge is 2.47. The molecule has 3 rings (SSSR count). The van der Waals surface area contributed by atoms with Gasteiger partial charge in [-0.25, -0.2) is 0 Å². The maximum atomic E-state index is 12.1. The summed E-state index contributed by atoms with van der Waals surface area (Å²) in [5.74, 6) is 0.0613. The third kappa shape index (κ3) is 2.03. The van der Waals surface area contributed by atoms with Crippen molar-refractivity contribution in [1.82, 2.24) is 5.32 Å². The molecule has 18 heavy (non-hydrogen) atoms. The quantitative estimate of drug-likeness (QED) is 0.868.